The molecular weight excluding hydrogens is 476 g/mol. The van der Waals surface area contributed by atoms with Gasteiger partial charge in [0.1, 0.15) is 6.10 Å². The molecular formula is C29H44O8. The number of esters is 1. The fourth-order valence-corrected chi connectivity index (χ4v) is 9.39. The van der Waals surface area contributed by atoms with E-state index in [0.717, 1.165) is 0 Å². The lowest BCUT2D eigenvalue weighted by Gasteiger charge is -2.60. The van der Waals surface area contributed by atoms with Crippen LogP contribution >= 0.6 is 0 Å². The third kappa shape index (κ3) is 3.65. The summed E-state index contributed by atoms with van der Waals surface area (Å²) in [5.41, 5.74) is -3.47. The van der Waals surface area contributed by atoms with Crippen LogP contribution < -0.4 is 0 Å². The Morgan fingerprint density at radius 1 is 1.11 bits per heavy atom. The average Bonchev–Trinajstić information content (AvgIpc) is 3.23. The van der Waals surface area contributed by atoms with Gasteiger partial charge in [0.05, 0.1) is 35.4 Å². The predicted molar refractivity (Wildman–Crippen MR) is 134 cm³/mol. The zero-order valence-corrected chi connectivity index (χ0v) is 22.7. The Kier molecular flexibility index (Phi) is 6.33. The molecule has 3 saturated carbocycles. The van der Waals surface area contributed by atoms with Gasteiger partial charge in [0.15, 0.2) is 5.78 Å². The zero-order chi connectivity index (χ0) is 27.3. The number of allylic oxidation sites excluding steroid dienone is 1. The SMILES string of the molecule is C[C@@H]1C(=O)O[C@H](C)[C@H]1C[C@@H](O)[C@](C)(O)[C@H]1CC[C@@]2(O)C3=CC(=O)[C@@H]4C[C@H](O)[C@@H](O)C[C@]4(C)[C@H]3CC[C@]12C. The molecule has 5 rings (SSSR count). The maximum absolute atomic E-state index is 13.3. The number of carbonyl (C=O) groups is 2. The number of hydrogen-bond donors (Lipinski definition) is 5. The van der Waals surface area contributed by atoms with Gasteiger partial charge in [-0.15, -0.1) is 0 Å². The molecule has 0 spiro atoms. The molecule has 0 aromatic rings. The van der Waals surface area contributed by atoms with Gasteiger partial charge in [-0.2, -0.15) is 0 Å². The van der Waals surface area contributed by atoms with Gasteiger partial charge in [0.25, 0.3) is 0 Å². The Morgan fingerprint density at radius 2 is 1.78 bits per heavy atom. The molecule has 208 valence electrons. The summed E-state index contributed by atoms with van der Waals surface area (Å²) in [5, 5.41) is 56.2. The van der Waals surface area contributed by atoms with Crippen molar-refractivity contribution in [3.05, 3.63) is 11.6 Å². The first-order valence-corrected chi connectivity index (χ1v) is 14.0. The smallest absolute Gasteiger partial charge is 0.309 e. The molecule has 8 nitrogen and oxygen atoms in total. The number of ether oxygens (including phenoxy) is 1. The first-order valence-electron chi connectivity index (χ1n) is 14.0. The van der Waals surface area contributed by atoms with Crippen molar-refractivity contribution in [1.29, 1.82) is 0 Å². The third-order valence-corrected chi connectivity index (χ3v) is 11.9. The maximum atomic E-state index is 13.3. The Hall–Kier alpha value is -1.32. The van der Waals surface area contributed by atoms with Crippen molar-refractivity contribution in [2.24, 2.45) is 40.4 Å². The van der Waals surface area contributed by atoms with Gasteiger partial charge in [0, 0.05) is 17.3 Å². The van der Waals surface area contributed by atoms with Crippen molar-refractivity contribution in [3.63, 3.8) is 0 Å². The topological polar surface area (TPSA) is 145 Å². The largest absolute Gasteiger partial charge is 0.462 e. The van der Waals surface area contributed by atoms with Crippen LogP contribution in [0.1, 0.15) is 79.6 Å². The molecule has 8 heteroatoms. The second-order valence-corrected chi connectivity index (χ2v) is 13.7. The van der Waals surface area contributed by atoms with Crippen LogP contribution in [0.4, 0.5) is 0 Å². The van der Waals surface area contributed by atoms with E-state index in [1.807, 2.05) is 20.8 Å². The summed E-state index contributed by atoms with van der Waals surface area (Å²) in [6.07, 6.45) is 1.21. The van der Waals surface area contributed by atoms with Gasteiger partial charge >= 0.3 is 5.97 Å². The van der Waals surface area contributed by atoms with E-state index in [1.165, 1.54) is 0 Å². The van der Waals surface area contributed by atoms with Crippen LogP contribution in [0.2, 0.25) is 0 Å². The van der Waals surface area contributed by atoms with Crippen LogP contribution in [-0.2, 0) is 14.3 Å². The molecule has 1 aliphatic heterocycles. The van der Waals surface area contributed by atoms with Crippen LogP contribution in [0, 0.1) is 40.4 Å². The fourth-order valence-electron chi connectivity index (χ4n) is 9.39. The van der Waals surface area contributed by atoms with Crippen molar-refractivity contribution in [1.82, 2.24) is 0 Å². The first kappa shape index (κ1) is 27.3. The lowest BCUT2D eigenvalue weighted by Crippen LogP contribution is -2.63. The fraction of sp³-hybridized carbons (Fsp3) is 0.862. The molecule has 5 aliphatic rings. The molecule has 0 amide bonds. The van der Waals surface area contributed by atoms with Crippen molar-refractivity contribution in [2.45, 2.75) is 115 Å². The van der Waals surface area contributed by atoms with E-state index in [1.54, 1.807) is 19.9 Å². The molecule has 0 bridgehead atoms. The monoisotopic (exact) mass is 520 g/mol. The van der Waals surface area contributed by atoms with E-state index in [2.05, 4.69) is 0 Å². The van der Waals surface area contributed by atoms with Crippen LogP contribution in [0.15, 0.2) is 11.6 Å². The van der Waals surface area contributed by atoms with Gasteiger partial charge in [-0.05, 0) is 87.7 Å². The average molecular weight is 521 g/mol. The van der Waals surface area contributed by atoms with E-state index in [9.17, 15) is 35.1 Å². The minimum absolute atomic E-state index is 0.104. The summed E-state index contributed by atoms with van der Waals surface area (Å²) in [6, 6.07) is 0. The molecule has 4 fully saturated rings. The summed E-state index contributed by atoms with van der Waals surface area (Å²) in [4.78, 5) is 25.4. The normalized spacial score (nSPS) is 51.9. The Bertz CT molecular complexity index is 1010. The van der Waals surface area contributed by atoms with Crippen molar-refractivity contribution in [3.8, 4) is 0 Å². The highest BCUT2D eigenvalue weighted by Gasteiger charge is 2.69. The van der Waals surface area contributed by atoms with Crippen LogP contribution in [0.5, 0.6) is 0 Å². The highest BCUT2D eigenvalue weighted by atomic mass is 16.6. The zero-order valence-electron chi connectivity index (χ0n) is 22.7. The van der Waals surface area contributed by atoms with E-state index in [4.69, 9.17) is 4.74 Å². The van der Waals surface area contributed by atoms with E-state index in [-0.39, 0.29) is 48.5 Å². The summed E-state index contributed by atoms with van der Waals surface area (Å²) in [5.74, 6) is -1.88. The number of aliphatic hydroxyl groups is 5. The summed E-state index contributed by atoms with van der Waals surface area (Å²) >= 11 is 0. The Labute approximate surface area is 219 Å². The molecule has 1 saturated heterocycles. The molecule has 0 aromatic carbocycles. The van der Waals surface area contributed by atoms with Crippen LogP contribution in [-0.4, -0.2) is 72.9 Å². The van der Waals surface area contributed by atoms with Crippen molar-refractivity contribution < 1.29 is 39.9 Å². The van der Waals surface area contributed by atoms with Gasteiger partial charge in [-0.3, -0.25) is 9.59 Å². The lowest BCUT2D eigenvalue weighted by atomic mass is 9.45. The van der Waals surface area contributed by atoms with Crippen molar-refractivity contribution in [2.75, 3.05) is 0 Å². The number of rotatable bonds is 4. The van der Waals surface area contributed by atoms with Gasteiger partial charge in [-0.25, -0.2) is 0 Å². The van der Waals surface area contributed by atoms with Gasteiger partial charge in [0.2, 0.25) is 0 Å². The number of fused-ring (bicyclic) bond motifs is 5. The standard InChI is InChI=1S/C29H44O8/c1-14-16(15(2)37-25(14)34)10-24(33)28(5,35)23-7-9-29(36)18-11-20(30)19-12-21(31)22(32)13-26(19,3)17(18)6-8-27(23,29)4/h11,14-17,19,21-24,31-33,35-36H,6-10,12-13H2,1-5H3/t14-,15+,16-,17-,19-,21-,22-,23-,24+,26+,27+,28+,29+/m0/s1. The molecule has 0 aromatic heterocycles. The number of hydrogen-bond acceptors (Lipinski definition) is 8. The molecule has 4 aliphatic carbocycles. The number of carbonyl (C=O) groups excluding carboxylic acids is 2. The molecule has 1 heterocycles. The van der Waals surface area contributed by atoms with Crippen molar-refractivity contribution >= 4 is 11.8 Å². The maximum Gasteiger partial charge on any atom is 0.309 e. The Balaban J connectivity index is 1.44. The van der Waals surface area contributed by atoms with Crippen LogP contribution in [0.25, 0.3) is 0 Å². The minimum Gasteiger partial charge on any atom is -0.462 e. The number of ketones is 1. The molecule has 37 heavy (non-hydrogen) atoms. The van der Waals surface area contributed by atoms with Crippen LogP contribution in [0.3, 0.4) is 0 Å². The molecule has 0 radical (unpaired) electrons. The number of cyclic esters (lactones) is 1. The third-order valence-electron chi connectivity index (χ3n) is 11.9. The van der Waals surface area contributed by atoms with E-state index < -0.39 is 52.2 Å². The quantitative estimate of drug-likeness (QED) is 0.354. The van der Waals surface area contributed by atoms with Gasteiger partial charge < -0.3 is 30.3 Å². The summed E-state index contributed by atoms with van der Waals surface area (Å²) in [6.45, 7) is 9.21. The van der Waals surface area contributed by atoms with E-state index in [0.29, 0.717) is 37.7 Å². The molecule has 0 unspecified atom stereocenters. The first-order chi connectivity index (χ1) is 17.1. The lowest BCUT2D eigenvalue weighted by molar-refractivity contribution is -0.178. The highest BCUT2D eigenvalue weighted by Crippen LogP contribution is 2.68. The molecule has 13 atom stereocenters. The second kappa shape index (κ2) is 8.59. The van der Waals surface area contributed by atoms with E-state index >= 15 is 0 Å². The Morgan fingerprint density at radius 3 is 2.41 bits per heavy atom. The predicted octanol–water partition coefficient (Wildman–Crippen LogP) is 1.89. The molecule has 5 N–H and O–H groups in total. The second-order valence-electron chi connectivity index (χ2n) is 13.7. The minimum atomic E-state index is -1.52. The summed E-state index contributed by atoms with van der Waals surface area (Å²) < 4.78 is 5.34. The number of aliphatic hydroxyl groups excluding tert-OH is 3. The highest BCUT2D eigenvalue weighted by molar-refractivity contribution is 5.95. The van der Waals surface area contributed by atoms with Gasteiger partial charge in [-0.1, -0.05) is 20.8 Å². The summed E-state index contributed by atoms with van der Waals surface area (Å²) in [7, 11) is 0.